The Kier molecular flexibility index (Phi) is 8.47. The number of carbonyl (C=O) groups is 2. The maximum atomic E-state index is 13.8. The first kappa shape index (κ1) is 26.9. The van der Waals surface area contributed by atoms with Crippen molar-refractivity contribution < 1.29 is 14.3 Å². The van der Waals surface area contributed by atoms with E-state index in [9.17, 15) is 9.59 Å². The van der Waals surface area contributed by atoms with Gasteiger partial charge < -0.3 is 15.0 Å². The molecule has 0 aliphatic rings. The molecule has 0 aliphatic carbocycles. The fraction of sp³-hybridized carbons (Fsp3) is 0.273. The van der Waals surface area contributed by atoms with Crippen LogP contribution in [-0.4, -0.2) is 34.9 Å². The van der Waals surface area contributed by atoms with Gasteiger partial charge in [-0.05, 0) is 50.3 Å². The first-order chi connectivity index (χ1) is 18.2. The second-order valence-electron chi connectivity index (χ2n) is 10.7. The van der Waals surface area contributed by atoms with Crippen molar-refractivity contribution in [3.63, 3.8) is 0 Å². The van der Waals surface area contributed by atoms with Crippen molar-refractivity contribution in [2.24, 2.45) is 0 Å². The van der Waals surface area contributed by atoms with Crippen LogP contribution in [0.3, 0.4) is 0 Å². The normalized spacial score (nSPS) is 12.1. The Morgan fingerprint density at radius 1 is 0.816 bits per heavy atom. The van der Waals surface area contributed by atoms with E-state index >= 15 is 0 Å². The van der Waals surface area contributed by atoms with Crippen LogP contribution < -0.4 is 10.1 Å². The molecule has 0 aliphatic heterocycles. The van der Waals surface area contributed by atoms with Crippen LogP contribution in [0.2, 0.25) is 0 Å². The number of nitrogens with one attached hydrogen (secondary N) is 1. The summed E-state index contributed by atoms with van der Waals surface area (Å²) in [7, 11) is 0. The van der Waals surface area contributed by atoms with Crippen LogP contribution in [0.25, 0.3) is 10.8 Å². The summed E-state index contributed by atoms with van der Waals surface area (Å²) in [6, 6.07) is 30.9. The van der Waals surface area contributed by atoms with Crippen LogP contribution in [0.1, 0.15) is 37.5 Å². The smallest absolute Gasteiger partial charge is 0.261 e. The number of aryl methyl sites for hydroxylation is 1. The third kappa shape index (κ3) is 7.22. The molecule has 4 rings (SSSR count). The summed E-state index contributed by atoms with van der Waals surface area (Å²) in [5, 5.41) is 5.08. The minimum atomic E-state index is -0.707. The molecule has 0 aromatic heterocycles. The molecular weight excluding hydrogens is 472 g/mol. The van der Waals surface area contributed by atoms with Gasteiger partial charge in [-0.25, -0.2) is 0 Å². The van der Waals surface area contributed by atoms with Gasteiger partial charge in [0.1, 0.15) is 11.8 Å². The van der Waals surface area contributed by atoms with E-state index in [1.54, 1.807) is 4.90 Å². The van der Waals surface area contributed by atoms with Gasteiger partial charge in [-0.3, -0.25) is 9.59 Å². The molecule has 196 valence electrons. The van der Waals surface area contributed by atoms with Crippen LogP contribution in [0.5, 0.6) is 5.75 Å². The molecule has 1 unspecified atom stereocenters. The van der Waals surface area contributed by atoms with Gasteiger partial charge in [-0.2, -0.15) is 0 Å². The summed E-state index contributed by atoms with van der Waals surface area (Å²) < 4.78 is 6.08. The van der Waals surface area contributed by atoms with E-state index in [0.717, 1.165) is 27.5 Å². The van der Waals surface area contributed by atoms with Crippen molar-refractivity contribution in [2.75, 3.05) is 6.61 Å². The zero-order valence-electron chi connectivity index (χ0n) is 22.6. The molecule has 1 N–H and O–H groups in total. The lowest BCUT2D eigenvalue weighted by Crippen LogP contribution is -2.55. The van der Waals surface area contributed by atoms with Gasteiger partial charge in [0.05, 0.1) is 0 Å². The first-order valence-corrected chi connectivity index (χ1v) is 13.0. The van der Waals surface area contributed by atoms with E-state index in [2.05, 4.69) is 5.32 Å². The molecule has 0 radical (unpaired) electrons. The largest absolute Gasteiger partial charge is 0.483 e. The Bertz CT molecular complexity index is 1370. The lowest BCUT2D eigenvalue weighted by molar-refractivity contribution is -0.143. The van der Waals surface area contributed by atoms with Gasteiger partial charge in [0, 0.05) is 23.9 Å². The van der Waals surface area contributed by atoms with Gasteiger partial charge >= 0.3 is 0 Å². The highest BCUT2D eigenvalue weighted by atomic mass is 16.5. The highest BCUT2D eigenvalue weighted by Gasteiger charge is 2.32. The molecule has 1 atom stereocenters. The fourth-order valence-corrected chi connectivity index (χ4v) is 4.44. The van der Waals surface area contributed by atoms with E-state index in [-0.39, 0.29) is 18.4 Å². The number of hydrogen-bond acceptors (Lipinski definition) is 3. The Morgan fingerprint density at radius 2 is 1.47 bits per heavy atom. The van der Waals surface area contributed by atoms with Gasteiger partial charge in [-0.15, -0.1) is 0 Å². The molecule has 4 aromatic carbocycles. The number of carbonyl (C=O) groups excluding carboxylic acids is 2. The maximum Gasteiger partial charge on any atom is 0.261 e. The van der Waals surface area contributed by atoms with Gasteiger partial charge in [0.2, 0.25) is 5.91 Å². The van der Waals surface area contributed by atoms with E-state index in [4.69, 9.17) is 4.74 Å². The molecule has 0 saturated carbocycles. The standard InChI is InChI=1S/C33H36N2O3/c1-24-17-19-26(20-18-24)22-35(29(32(37)34-33(2,3)4)21-25-11-6-5-7-12-25)31(36)23-38-30-16-10-14-27-13-8-9-15-28(27)30/h5-20,29H,21-23H2,1-4H3,(H,34,37). The molecule has 0 heterocycles. The Balaban J connectivity index is 1.65. The molecule has 0 spiro atoms. The minimum Gasteiger partial charge on any atom is -0.483 e. The van der Waals surface area contributed by atoms with Crippen LogP contribution in [-0.2, 0) is 22.6 Å². The fourth-order valence-electron chi connectivity index (χ4n) is 4.44. The molecule has 4 aromatic rings. The average molecular weight is 509 g/mol. The van der Waals surface area contributed by atoms with E-state index < -0.39 is 11.6 Å². The second kappa shape index (κ2) is 12.0. The summed E-state index contributed by atoms with van der Waals surface area (Å²) in [6.07, 6.45) is 0.397. The lowest BCUT2D eigenvalue weighted by Gasteiger charge is -2.33. The van der Waals surface area contributed by atoms with Crippen LogP contribution in [0.15, 0.2) is 97.1 Å². The van der Waals surface area contributed by atoms with Crippen molar-refractivity contribution in [1.82, 2.24) is 10.2 Å². The predicted octanol–water partition coefficient (Wildman–Crippen LogP) is 6.08. The van der Waals surface area contributed by atoms with Crippen molar-refractivity contribution in [3.05, 3.63) is 114 Å². The van der Waals surface area contributed by atoms with Crippen molar-refractivity contribution >= 4 is 22.6 Å². The molecule has 0 saturated heterocycles. The number of hydrogen-bond donors (Lipinski definition) is 1. The first-order valence-electron chi connectivity index (χ1n) is 13.0. The Hall–Kier alpha value is -4.12. The summed E-state index contributed by atoms with van der Waals surface area (Å²) in [4.78, 5) is 29.2. The summed E-state index contributed by atoms with van der Waals surface area (Å²) in [5.74, 6) is 0.209. The van der Waals surface area contributed by atoms with E-state index in [1.165, 1.54) is 0 Å². The summed E-state index contributed by atoms with van der Waals surface area (Å²) >= 11 is 0. The molecule has 38 heavy (non-hydrogen) atoms. The Morgan fingerprint density at radius 3 is 2.18 bits per heavy atom. The molecule has 2 amide bonds. The lowest BCUT2D eigenvalue weighted by atomic mass is 10.0. The van der Waals surface area contributed by atoms with Gasteiger partial charge in [0.15, 0.2) is 6.61 Å². The Labute approximate surface area is 225 Å². The number of ether oxygens (including phenoxy) is 1. The molecule has 0 bridgehead atoms. The minimum absolute atomic E-state index is 0.173. The number of nitrogens with zero attached hydrogens (tertiary/aromatic N) is 1. The number of benzene rings is 4. The molecule has 0 fully saturated rings. The number of rotatable bonds is 9. The van der Waals surface area contributed by atoms with Gasteiger partial charge in [0.25, 0.3) is 5.91 Å². The highest BCUT2D eigenvalue weighted by molar-refractivity contribution is 5.90. The zero-order chi connectivity index (χ0) is 27.1. The van der Waals surface area contributed by atoms with Crippen molar-refractivity contribution in [1.29, 1.82) is 0 Å². The average Bonchev–Trinajstić information content (AvgIpc) is 2.90. The topological polar surface area (TPSA) is 58.6 Å². The number of fused-ring (bicyclic) bond motifs is 1. The summed E-state index contributed by atoms with van der Waals surface area (Å²) in [5.41, 5.74) is 2.63. The monoisotopic (exact) mass is 508 g/mol. The zero-order valence-corrected chi connectivity index (χ0v) is 22.6. The van der Waals surface area contributed by atoms with E-state index in [1.807, 2.05) is 125 Å². The molecular formula is C33H36N2O3. The summed E-state index contributed by atoms with van der Waals surface area (Å²) in [6.45, 7) is 7.99. The van der Waals surface area contributed by atoms with Crippen LogP contribution in [0.4, 0.5) is 0 Å². The number of amides is 2. The third-order valence-corrected chi connectivity index (χ3v) is 6.34. The SMILES string of the molecule is Cc1ccc(CN(C(=O)COc2cccc3ccccc23)C(Cc2ccccc2)C(=O)NC(C)(C)C)cc1. The molecule has 5 nitrogen and oxygen atoms in total. The van der Waals surface area contributed by atoms with Crippen molar-refractivity contribution in [3.8, 4) is 5.75 Å². The van der Waals surface area contributed by atoms with Gasteiger partial charge in [-0.1, -0.05) is 96.6 Å². The predicted molar refractivity (Wildman–Crippen MR) is 153 cm³/mol. The third-order valence-electron chi connectivity index (χ3n) is 6.34. The molecule has 5 heteroatoms. The highest BCUT2D eigenvalue weighted by Crippen LogP contribution is 2.25. The maximum absolute atomic E-state index is 13.8. The quantitative estimate of drug-likeness (QED) is 0.298. The van der Waals surface area contributed by atoms with Crippen molar-refractivity contribution in [2.45, 2.75) is 52.2 Å². The van der Waals surface area contributed by atoms with E-state index in [0.29, 0.717) is 18.7 Å². The van der Waals surface area contributed by atoms with Crippen LogP contribution >= 0.6 is 0 Å². The second-order valence-corrected chi connectivity index (χ2v) is 10.7. The van der Waals surface area contributed by atoms with Crippen LogP contribution in [0, 0.1) is 6.92 Å².